The Bertz CT molecular complexity index is 1180. The zero-order valence-corrected chi connectivity index (χ0v) is 23.4. The number of rotatable bonds is 8. The maximum absolute atomic E-state index is 6.07. The Balaban J connectivity index is 1.54. The Morgan fingerprint density at radius 2 is 1.73 bits per heavy atom. The summed E-state index contributed by atoms with van der Waals surface area (Å²) in [6.07, 6.45) is 5.35. The van der Waals surface area contributed by atoms with Gasteiger partial charge in [-0.2, -0.15) is 0 Å². The van der Waals surface area contributed by atoms with Gasteiger partial charge in [-0.25, -0.2) is 4.98 Å². The van der Waals surface area contributed by atoms with Gasteiger partial charge in [0.25, 0.3) is 0 Å². The van der Waals surface area contributed by atoms with Gasteiger partial charge in [0.1, 0.15) is 11.5 Å². The zero-order valence-electron chi connectivity index (χ0n) is 23.4. The number of piperazine rings is 1. The smallest absolute Gasteiger partial charge is 0.138 e. The molecule has 5 heterocycles. The molecule has 7 heteroatoms. The van der Waals surface area contributed by atoms with E-state index in [1.807, 2.05) is 6.20 Å². The number of anilines is 1. The van der Waals surface area contributed by atoms with Crippen LogP contribution < -0.4 is 4.90 Å². The minimum Gasteiger partial charge on any atom is -0.375 e. The van der Waals surface area contributed by atoms with Gasteiger partial charge in [-0.3, -0.25) is 14.3 Å². The Hall–Kier alpha value is -2.48. The van der Waals surface area contributed by atoms with Gasteiger partial charge < -0.3 is 14.5 Å². The molecule has 0 saturated carbocycles. The van der Waals surface area contributed by atoms with E-state index in [2.05, 4.69) is 84.2 Å². The molecule has 200 valence electrons. The standard InChI is InChI=1S/C30H44N6O/c1-6-34-17-19-35(20-18-34)28-15-9-14-27-32-30(26(36(27)28)21-37-7-2)25-13-8-12-24(33(25)5)29-23(22(3)4)11-10-16-31-29/h9-11,14-16,22,24-25H,6-8,12-13,17-21H2,1-5H3/t24-,25+/m0/s1. The molecule has 2 fully saturated rings. The predicted octanol–water partition coefficient (Wildman–Crippen LogP) is 5.43. The van der Waals surface area contributed by atoms with Crippen molar-refractivity contribution < 1.29 is 4.74 Å². The summed E-state index contributed by atoms with van der Waals surface area (Å²) in [5.41, 5.74) is 5.99. The van der Waals surface area contributed by atoms with Gasteiger partial charge >= 0.3 is 0 Å². The molecule has 0 spiro atoms. The lowest BCUT2D eigenvalue weighted by Crippen LogP contribution is -2.46. The van der Waals surface area contributed by atoms with Crippen LogP contribution in [0.5, 0.6) is 0 Å². The van der Waals surface area contributed by atoms with Gasteiger partial charge in [0.2, 0.25) is 0 Å². The SMILES string of the molecule is CCOCc1c([C@H]2CCC[C@@H](c3ncccc3C(C)C)N2C)nc2cccc(N3CCN(CC)CC3)n12. The highest BCUT2D eigenvalue weighted by atomic mass is 16.5. The number of hydrogen-bond acceptors (Lipinski definition) is 6. The van der Waals surface area contributed by atoms with E-state index in [9.17, 15) is 0 Å². The lowest BCUT2D eigenvalue weighted by atomic mass is 9.88. The summed E-state index contributed by atoms with van der Waals surface area (Å²) >= 11 is 0. The Labute approximate surface area is 222 Å². The largest absolute Gasteiger partial charge is 0.375 e. The molecular weight excluding hydrogens is 460 g/mol. The number of piperidine rings is 1. The topological polar surface area (TPSA) is 49.1 Å². The molecule has 2 atom stereocenters. The molecule has 0 aliphatic carbocycles. The fourth-order valence-corrected chi connectivity index (χ4v) is 6.28. The first-order valence-corrected chi connectivity index (χ1v) is 14.2. The number of hydrogen-bond donors (Lipinski definition) is 0. The molecule has 2 saturated heterocycles. The molecular formula is C30H44N6O. The molecule has 37 heavy (non-hydrogen) atoms. The summed E-state index contributed by atoms with van der Waals surface area (Å²) in [5, 5.41) is 0. The van der Waals surface area contributed by atoms with E-state index in [0.717, 1.165) is 51.2 Å². The molecule has 0 unspecified atom stereocenters. The molecule has 5 rings (SSSR count). The normalized spacial score (nSPS) is 21.8. The monoisotopic (exact) mass is 504 g/mol. The first-order chi connectivity index (χ1) is 18.0. The molecule has 0 N–H and O–H groups in total. The summed E-state index contributed by atoms with van der Waals surface area (Å²) < 4.78 is 8.45. The number of pyridine rings is 2. The van der Waals surface area contributed by atoms with Crippen LogP contribution >= 0.6 is 0 Å². The zero-order chi connectivity index (χ0) is 25.9. The lowest BCUT2D eigenvalue weighted by molar-refractivity contribution is 0.101. The Morgan fingerprint density at radius 3 is 2.43 bits per heavy atom. The van der Waals surface area contributed by atoms with E-state index in [1.165, 1.54) is 34.9 Å². The van der Waals surface area contributed by atoms with Crippen LogP contribution in [0.2, 0.25) is 0 Å². The second kappa shape index (κ2) is 11.5. The summed E-state index contributed by atoms with van der Waals surface area (Å²) in [4.78, 5) is 17.8. The minimum atomic E-state index is 0.237. The van der Waals surface area contributed by atoms with E-state index in [4.69, 9.17) is 14.7 Å². The minimum absolute atomic E-state index is 0.237. The van der Waals surface area contributed by atoms with Gasteiger partial charge in [-0.15, -0.1) is 0 Å². The lowest BCUT2D eigenvalue weighted by Gasteiger charge is -2.40. The third kappa shape index (κ3) is 5.14. The van der Waals surface area contributed by atoms with Gasteiger partial charge in [-0.05, 0) is 69.5 Å². The van der Waals surface area contributed by atoms with Crippen molar-refractivity contribution in [2.24, 2.45) is 0 Å². The van der Waals surface area contributed by atoms with Gasteiger partial charge in [0.15, 0.2) is 0 Å². The van der Waals surface area contributed by atoms with Crippen LogP contribution in [-0.4, -0.2) is 70.5 Å². The fraction of sp³-hybridized carbons (Fsp3) is 0.600. The number of aromatic nitrogens is 3. The number of imidazole rings is 1. The summed E-state index contributed by atoms with van der Waals surface area (Å²) in [5.74, 6) is 1.69. The highest BCUT2D eigenvalue weighted by Gasteiger charge is 2.35. The highest BCUT2D eigenvalue weighted by molar-refractivity contribution is 5.55. The number of nitrogens with zero attached hydrogens (tertiary/aromatic N) is 6. The summed E-state index contributed by atoms with van der Waals surface area (Å²) in [6.45, 7) is 15.5. The number of likely N-dealkylation sites (N-methyl/N-ethyl adjacent to an activating group) is 1. The second-order valence-corrected chi connectivity index (χ2v) is 10.8. The van der Waals surface area contributed by atoms with Crippen molar-refractivity contribution in [3.63, 3.8) is 0 Å². The second-order valence-electron chi connectivity index (χ2n) is 10.8. The van der Waals surface area contributed by atoms with Crippen LogP contribution in [0.4, 0.5) is 5.82 Å². The molecule has 2 aliphatic heterocycles. The molecule has 2 aliphatic rings. The molecule has 0 amide bonds. The predicted molar refractivity (Wildman–Crippen MR) is 150 cm³/mol. The quantitative estimate of drug-likeness (QED) is 0.408. The van der Waals surface area contributed by atoms with Crippen LogP contribution in [0, 0.1) is 0 Å². The number of likely N-dealkylation sites (tertiary alicyclic amines) is 1. The van der Waals surface area contributed by atoms with Crippen molar-refractivity contribution in [3.8, 4) is 0 Å². The van der Waals surface area contributed by atoms with Crippen molar-refractivity contribution >= 4 is 11.5 Å². The molecule has 3 aromatic heterocycles. The van der Waals surface area contributed by atoms with Gasteiger partial charge in [-0.1, -0.05) is 32.9 Å². The molecule has 3 aromatic rings. The Kier molecular flexibility index (Phi) is 8.12. The van der Waals surface area contributed by atoms with Crippen molar-refractivity contribution in [3.05, 3.63) is 59.2 Å². The average molecular weight is 505 g/mol. The maximum Gasteiger partial charge on any atom is 0.138 e. The van der Waals surface area contributed by atoms with Crippen LogP contribution in [-0.2, 0) is 11.3 Å². The first-order valence-electron chi connectivity index (χ1n) is 14.2. The molecule has 0 bridgehead atoms. The van der Waals surface area contributed by atoms with Crippen molar-refractivity contribution in [1.82, 2.24) is 24.2 Å². The van der Waals surface area contributed by atoms with Crippen LogP contribution in [0.1, 0.15) is 87.6 Å². The van der Waals surface area contributed by atoms with E-state index < -0.39 is 0 Å². The number of fused-ring (bicyclic) bond motifs is 1. The van der Waals surface area contributed by atoms with Crippen LogP contribution in [0.15, 0.2) is 36.5 Å². The Morgan fingerprint density at radius 1 is 0.973 bits per heavy atom. The van der Waals surface area contributed by atoms with Crippen molar-refractivity contribution in [2.75, 3.05) is 51.3 Å². The third-order valence-corrected chi connectivity index (χ3v) is 8.40. The van der Waals surface area contributed by atoms with Crippen LogP contribution in [0.25, 0.3) is 5.65 Å². The summed E-state index contributed by atoms with van der Waals surface area (Å²) in [7, 11) is 2.27. The first kappa shape index (κ1) is 26.1. The van der Waals surface area contributed by atoms with Crippen molar-refractivity contribution in [1.29, 1.82) is 0 Å². The molecule has 0 radical (unpaired) electrons. The summed E-state index contributed by atoms with van der Waals surface area (Å²) in [6, 6.07) is 11.4. The molecule has 7 nitrogen and oxygen atoms in total. The highest BCUT2D eigenvalue weighted by Crippen LogP contribution is 2.43. The van der Waals surface area contributed by atoms with E-state index >= 15 is 0 Å². The van der Waals surface area contributed by atoms with E-state index in [-0.39, 0.29) is 6.04 Å². The maximum atomic E-state index is 6.07. The van der Waals surface area contributed by atoms with Gasteiger partial charge in [0, 0.05) is 39.0 Å². The van der Waals surface area contributed by atoms with Crippen molar-refractivity contribution in [2.45, 2.75) is 71.6 Å². The fourth-order valence-electron chi connectivity index (χ4n) is 6.28. The van der Waals surface area contributed by atoms with Gasteiger partial charge in [0.05, 0.1) is 35.8 Å². The molecule has 0 aromatic carbocycles. The van der Waals surface area contributed by atoms with Crippen LogP contribution in [0.3, 0.4) is 0 Å². The van der Waals surface area contributed by atoms with E-state index in [0.29, 0.717) is 25.2 Å². The number of ether oxygens (including phenoxy) is 1. The van der Waals surface area contributed by atoms with E-state index in [1.54, 1.807) is 0 Å². The average Bonchev–Trinajstić information content (AvgIpc) is 3.30. The third-order valence-electron chi connectivity index (χ3n) is 8.40.